The molecule has 0 aliphatic rings. The molecule has 0 aromatic heterocycles. The van der Waals surface area contributed by atoms with Gasteiger partial charge in [0.25, 0.3) is 0 Å². The van der Waals surface area contributed by atoms with Crippen LogP contribution in [0.1, 0.15) is 18.5 Å². The third kappa shape index (κ3) is 2.86. The Morgan fingerprint density at radius 1 is 1.60 bits per heavy atom. The van der Waals surface area contributed by atoms with Crippen LogP contribution < -0.4 is 10.1 Å². The molecule has 1 amide bonds. The SMILES string of the molecule is COc1c(Br)cccc1[C@@H](C)NC(=O)O. The first kappa shape index (κ1) is 11.8. The molecule has 5 heteroatoms. The molecule has 1 aromatic rings. The second kappa shape index (κ2) is 5.02. The van der Waals surface area contributed by atoms with Crippen LogP contribution in [0.5, 0.6) is 5.75 Å². The molecule has 0 spiro atoms. The van der Waals surface area contributed by atoms with Gasteiger partial charge in [-0.3, -0.25) is 0 Å². The number of methoxy groups -OCH3 is 1. The van der Waals surface area contributed by atoms with E-state index in [4.69, 9.17) is 9.84 Å². The molecule has 1 atom stereocenters. The molecular weight excluding hydrogens is 262 g/mol. The molecule has 4 nitrogen and oxygen atoms in total. The van der Waals surface area contributed by atoms with Gasteiger partial charge in [-0.25, -0.2) is 4.79 Å². The molecule has 2 N–H and O–H groups in total. The zero-order valence-electron chi connectivity index (χ0n) is 8.45. The Morgan fingerprint density at radius 2 is 2.27 bits per heavy atom. The summed E-state index contributed by atoms with van der Waals surface area (Å²) in [5, 5.41) is 11.0. The Hall–Kier alpha value is -1.23. The lowest BCUT2D eigenvalue weighted by atomic mass is 10.1. The van der Waals surface area contributed by atoms with Gasteiger partial charge in [0, 0.05) is 5.56 Å². The number of carboxylic acid groups (broad SMARTS) is 1. The van der Waals surface area contributed by atoms with Crippen molar-refractivity contribution in [3.05, 3.63) is 28.2 Å². The van der Waals surface area contributed by atoms with Crippen LogP contribution in [0.25, 0.3) is 0 Å². The van der Waals surface area contributed by atoms with Crippen LogP contribution in [0.4, 0.5) is 4.79 Å². The number of nitrogens with one attached hydrogen (secondary N) is 1. The molecule has 15 heavy (non-hydrogen) atoms. The Kier molecular flexibility index (Phi) is 3.96. The molecule has 1 rings (SSSR count). The minimum absolute atomic E-state index is 0.310. The van der Waals surface area contributed by atoms with Gasteiger partial charge in [-0.05, 0) is 28.9 Å². The number of halogens is 1. The fraction of sp³-hybridized carbons (Fsp3) is 0.300. The summed E-state index contributed by atoms with van der Waals surface area (Å²) in [6.45, 7) is 1.76. The lowest BCUT2D eigenvalue weighted by Crippen LogP contribution is -2.24. The molecular formula is C10H12BrNO3. The normalized spacial score (nSPS) is 11.9. The zero-order chi connectivity index (χ0) is 11.4. The number of carbonyl (C=O) groups is 1. The van der Waals surface area contributed by atoms with Crippen LogP contribution in [0, 0.1) is 0 Å². The first-order valence-corrected chi connectivity index (χ1v) is 5.17. The van der Waals surface area contributed by atoms with Gasteiger partial charge < -0.3 is 15.2 Å². The molecule has 0 saturated heterocycles. The van der Waals surface area contributed by atoms with Gasteiger partial charge in [-0.2, -0.15) is 0 Å². The number of para-hydroxylation sites is 1. The Morgan fingerprint density at radius 3 is 2.80 bits per heavy atom. The number of hydrogen-bond donors (Lipinski definition) is 2. The maximum Gasteiger partial charge on any atom is 0.405 e. The van der Waals surface area contributed by atoms with Crippen molar-refractivity contribution >= 4 is 22.0 Å². The number of rotatable bonds is 3. The highest BCUT2D eigenvalue weighted by Gasteiger charge is 2.14. The van der Waals surface area contributed by atoms with E-state index in [0.717, 1.165) is 10.0 Å². The van der Waals surface area contributed by atoms with Crippen LogP contribution in [0.3, 0.4) is 0 Å². The van der Waals surface area contributed by atoms with Gasteiger partial charge in [0.15, 0.2) is 0 Å². The highest BCUT2D eigenvalue weighted by Crippen LogP contribution is 2.32. The van der Waals surface area contributed by atoms with Crippen LogP contribution in [-0.4, -0.2) is 18.3 Å². The average molecular weight is 274 g/mol. The zero-order valence-corrected chi connectivity index (χ0v) is 10.0. The van der Waals surface area contributed by atoms with Crippen molar-refractivity contribution < 1.29 is 14.6 Å². The van der Waals surface area contributed by atoms with E-state index in [-0.39, 0.29) is 6.04 Å². The third-order valence-electron chi connectivity index (χ3n) is 2.01. The third-order valence-corrected chi connectivity index (χ3v) is 2.63. The van der Waals surface area contributed by atoms with E-state index in [1.165, 1.54) is 0 Å². The topological polar surface area (TPSA) is 58.6 Å². The second-order valence-corrected chi connectivity index (χ2v) is 3.89. The Bertz CT molecular complexity index is 368. The molecule has 1 aromatic carbocycles. The van der Waals surface area contributed by atoms with Crippen LogP contribution in [0.2, 0.25) is 0 Å². The van der Waals surface area contributed by atoms with Crippen molar-refractivity contribution in [2.24, 2.45) is 0 Å². The van der Waals surface area contributed by atoms with Gasteiger partial charge in [0.05, 0.1) is 17.6 Å². The van der Waals surface area contributed by atoms with E-state index < -0.39 is 6.09 Å². The summed E-state index contributed by atoms with van der Waals surface area (Å²) < 4.78 is 6.01. The lowest BCUT2D eigenvalue weighted by molar-refractivity contribution is 0.190. The minimum atomic E-state index is -1.05. The van der Waals surface area contributed by atoms with Crippen molar-refractivity contribution in [1.29, 1.82) is 0 Å². The first-order chi connectivity index (χ1) is 7.06. The minimum Gasteiger partial charge on any atom is -0.495 e. The summed E-state index contributed by atoms with van der Waals surface area (Å²) in [6, 6.07) is 5.19. The lowest BCUT2D eigenvalue weighted by Gasteiger charge is -2.16. The van der Waals surface area contributed by atoms with Crippen molar-refractivity contribution in [3.63, 3.8) is 0 Å². The van der Waals surface area contributed by atoms with Gasteiger partial charge >= 0.3 is 6.09 Å². The van der Waals surface area contributed by atoms with Gasteiger partial charge in [0.1, 0.15) is 5.75 Å². The molecule has 0 heterocycles. The van der Waals surface area contributed by atoms with E-state index in [2.05, 4.69) is 21.2 Å². The average Bonchev–Trinajstić information content (AvgIpc) is 2.16. The van der Waals surface area contributed by atoms with Gasteiger partial charge in [-0.1, -0.05) is 12.1 Å². The van der Waals surface area contributed by atoms with Crippen molar-refractivity contribution in [2.75, 3.05) is 7.11 Å². The van der Waals surface area contributed by atoms with E-state index in [9.17, 15) is 4.79 Å². The summed E-state index contributed by atoms with van der Waals surface area (Å²) in [5.41, 5.74) is 0.800. The molecule has 0 bridgehead atoms. The van der Waals surface area contributed by atoms with E-state index in [1.807, 2.05) is 18.2 Å². The fourth-order valence-corrected chi connectivity index (χ4v) is 1.89. The monoisotopic (exact) mass is 273 g/mol. The molecule has 0 saturated carbocycles. The summed E-state index contributed by atoms with van der Waals surface area (Å²) in [6.07, 6.45) is -1.05. The predicted octanol–water partition coefficient (Wildman–Crippen LogP) is 2.79. The number of hydrogen-bond acceptors (Lipinski definition) is 2. The van der Waals surface area contributed by atoms with E-state index in [0.29, 0.717) is 5.75 Å². The standard InChI is InChI=1S/C10H12BrNO3/c1-6(12-10(13)14)7-4-3-5-8(11)9(7)15-2/h3-6,12H,1-2H3,(H,13,14)/t6-/m1/s1. The maximum atomic E-state index is 10.5. The molecule has 0 aliphatic carbocycles. The van der Waals surface area contributed by atoms with Crippen LogP contribution in [-0.2, 0) is 0 Å². The Labute approximate surface area is 96.4 Å². The van der Waals surface area contributed by atoms with Crippen LogP contribution >= 0.6 is 15.9 Å². The Balaban J connectivity index is 3.02. The molecule has 0 radical (unpaired) electrons. The number of amides is 1. The van der Waals surface area contributed by atoms with Crippen LogP contribution in [0.15, 0.2) is 22.7 Å². The van der Waals surface area contributed by atoms with E-state index >= 15 is 0 Å². The smallest absolute Gasteiger partial charge is 0.405 e. The fourth-order valence-electron chi connectivity index (χ4n) is 1.34. The number of ether oxygens (including phenoxy) is 1. The van der Waals surface area contributed by atoms with Crippen molar-refractivity contribution in [2.45, 2.75) is 13.0 Å². The molecule has 82 valence electrons. The maximum absolute atomic E-state index is 10.5. The van der Waals surface area contributed by atoms with Crippen molar-refractivity contribution in [3.8, 4) is 5.75 Å². The van der Waals surface area contributed by atoms with E-state index in [1.54, 1.807) is 14.0 Å². The quantitative estimate of drug-likeness (QED) is 0.891. The first-order valence-electron chi connectivity index (χ1n) is 4.38. The van der Waals surface area contributed by atoms with Crippen molar-refractivity contribution in [1.82, 2.24) is 5.32 Å². The van der Waals surface area contributed by atoms with Gasteiger partial charge in [0.2, 0.25) is 0 Å². The molecule has 0 fully saturated rings. The highest BCUT2D eigenvalue weighted by molar-refractivity contribution is 9.10. The predicted molar refractivity (Wildman–Crippen MR) is 60.3 cm³/mol. The summed E-state index contributed by atoms with van der Waals surface area (Å²) in [5.74, 6) is 0.652. The largest absolute Gasteiger partial charge is 0.495 e. The summed E-state index contributed by atoms with van der Waals surface area (Å²) in [7, 11) is 1.55. The molecule has 0 unspecified atom stereocenters. The summed E-state index contributed by atoms with van der Waals surface area (Å²) in [4.78, 5) is 10.5. The second-order valence-electron chi connectivity index (χ2n) is 3.03. The number of benzene rings is 1. The summed E-state index contributed by atoms with van der Waals surface area (Å²) >= 11 is 3.34. The highest BCUT2D eigenvalue weighted by atomic mass is 79.9. The molecule has 0 aliphatic heterocycles. The van der Waals surface area contributed by atoms with Gasteiger partial charge in [-0.15, -0.1) is 0 Å².